The molecule has 102 valence electrons. The van der Waals surface area contributed by atoms with Crippen molar-refractivity contribution in [2.75, 3.05) is 0 Å². The Bertz CT molecular complexity index is 523. The van der Waals surface area contributed by atoms with Crippen molar-refractivity contribution in [3.8, 4) is 0 Å². The molecule has 1 aliphatic rings. The van der Waals surface area contributed by atoms with Gasteiger partial charge in [0.15, 0.2) is 0 Å². The Morgan fingerprint density at radius 3 is 3.11 bits per heavy atom. The van der Waals surface area contributed by atoms with Crippen molar-refractivity contribution in [1.29, 1.82) is 0 Å². The Morgan fingerprint density at radius 2 is 2.32 bits per heavy atom. The fourth-order valence-corrected chi connectivity index (χ4v) is 3.19. The topological polar surface area (TPSA) is 29.3 Å². The number of hydrogen-bond donors (Lipinski definition) is 1. The first kappa shape index (κ1) is 12.7. The Balaban J connectivity index is 1.62. The minimum Gasteiger partial charge on any atom is -0.308 e. The van der Waals surface area contributed by atoms with Gasteiger partial charge in [0.05, 0.1) is 5.69 Å². The molecule has 0 saturated heterocycles. The average Bonchev–Trinajstić information content (AvgIpc) is 2.78. The minimum absolute atomic E-state index is 0.495. The van der Waals surface area contributed by atoms with E-state index in [1.165, 1.54) is 25.7 Å². The molecule has 1 saturated carbocycles. The molecule has 0 amide bonds. The quantitative estimate of drug-likeness (QED) is 0.913. The summed E-state index contributed by atoms with van der Waals surface area (Å²) in [5.74, 6) is 0. The zero-order valence-electron chi connectivity index (χ0n) is 11.9. The van der Waals surface area contributed by atoms with Crippen molar-refractivity contribution in [2.24, 2.45) is 5.41 Å². The van der Waals surface area contributed by atoms with Crippen LogP contribution in [0.2, 0.25) is 0 Å². The number of fused-ring (bicyclic) bond motifs is 1. The predicted octanol–water partition coefficient (Wildman–Crippen LogP) is 3.39. The lowest BCUT2D eigenvalue weighted by atomic mass is 9.75. The third kappa shape index (κ3) is 2.98. The van der Waals surface area contributed by atoms with Gasteiger partial charge in [-0.05, 0) is 36.8 Å². The molecule has 19 heavy (non-hydrogen) atoms. The van der Waals surface area contributed by atoms with E-state index in [0.29, 0.717) is 11.5 Å². The highest BCUT2D eigenvalue weighted by atomic mass is 15.0. The van der Waals surface area contributed by atoms with Crippen LogP contribution in [0.5, 0.6) is 0 Å². The van der Waals surface area contributed by atoms with Gasteiger partial charge in [-0.3, -0.25) is 0 Å². The maximum absolute atomic E-state index is 4.63. The highest BCUT2D eigenvalue weighted by Gasteiger charge is 2.27. The van der Waals surface area contributed by atoms with Crippen LogP contribution in [-0.2, 0) is 6.54 Å². The van der Waals surface area contributed by atoms with Crippen molar-refractivity contribution in [3.63, 3.8) is 0 Å². The maximum atomic E-state index is 4.63. The molecule has 2 aromatic rings. The van der Waals surface area contributed by atoms with Gasteiger partial charge in [-0.2, -0.15) is 0 Å². The number of hydrogen-bond acceptors (Lipinski definition) is 2. The summed E-state index contributed by atoms with van der Waals surface area (Å²) in [6.45, 7) is 5.64. The fraction of sp³-hybridized carbons (Fsp3) is 0.562. The number of aromatic nitrogens is 2. The molecule has 1 aliphatic carbocycles. The van der Waals surface area contributed by atoms with Gasteiger partial charge in [-0.15, -0.1) is 0 Å². The van der Waals surface area contributed by atoms with Gasteiger partial charge in [0.2, 0.25) is 0 Å². The van der Waals surface area contributed by atoms with E-state index in [4.69, 9.17) is 0 Å². The van der Waals surface area contributed by atoms with Crippen LogP contribution in [0.1, 0.15) is 45.2 Å². The van der Waals surface area contributed by atoms with Crippen LogP contribution in [0.4, 0.5) is 0 Å². The number of rotatable bonds is 3. The largest absolute Gasteiger partial charge is 0.308 e. The van der Waals surface area contributed by atoms with Crippen molar-refractivity contribution >= 4 is 5.65 Å². The molecule has 0 aromatic carbocycles. The van der Waals surface area contributed by atoms with Gasteiger partial charge in [0.1, 0.15) is 5.65 Å². The van der Waals surface area contributed by atoms with E-state index in [2.05, 4.69) is 40.9 Å². The number of nitrogens with one attached hydrogen (secondary N) is 1. The first-order valence-corrected chi connectivity index (χ1v) is 7.28. The highest BCUT2D eigenvalue weighted by molar-refractivity contribution is 5.39. The summed E-state index contributed by atoms with van der Waals surface area (Å²) >= 11 is 0. The lowest BCUT2D eigenvalue weighted by Gasteiger charge is -2.35. The van der Waals surface area contributed by atoms with E-state index in [9.17, 15) is 0 Å². The molecule has 3 nitrogen and oxygen atoms in total. The van der Waals surface area contributed by atoms with E-state index in [1.807, 2.05) is 18.2 Å². The van der Waals surface area contributed by atoms with E-state index in [1.54, 1.807) is 0 Å². The zero-order chi connectivity index (χ0) is 13.3. The standard InChI is InChI=1S/C16H23N3/c1-16(2)8-5-6-13(10-16)17-11-14-12-19-9-4-3-7-15(19)18-14/h3-4,7,9,12-13,17H,5-6,8,10-11H2,1-2H3. The van der Waals surface area contributed by atoms with E-state index in [0.717, 1.165) is 17.9 Å². The zero-order valence-corrected chi connectivity index (χ0v) is 11.9. The number of nitrogens with zero attached hydrogens (tertiary/aromatic N) is 2. The molecule has 1 N–H and O–H groups in total. The molecule has 2 heterocycles. The molecule has 1 unspecified atom stereocenters. The van der Waals surface area contributed by atoms with E-state index < -0.39 is 0 Å². The lowest BCUT2D eigenvalue weighted by Crippen LogP contribution is -2.36. The SMILES string of the molecule is CC1(C)CCCC(NCc2cn3ccccc3n2)C1. The van der Waals surface area contributed by atoms with Crippen LogP contribution < -0.4 is 5.32 Å². The van der Waals surface area contributed by atoms with Crippen LogP contribution in [0.25, 0.3) is 5.65 Å². The number of pyridine rings is 1. The third-order valence-electron chi connectivity index (χ3n) is 4.19. The van der Waals surface area contributed by atoms with Gasteiger partial charge >= 0.3 is 0 Å². The molecule has 2 aromatic heterocycles. The summed E-state index contributed by atoms with van der Waals surface area (Å²) < 4.78 is 2.09. The van der Waals surface area contributed by atoms with Crippen LogP contribution in [0.15, 0.2) is 30.6 Å². The summed E-state index contributed by atoms with van der Waals surface area (Å²) in [6, 6.07) is 6.76. The number of imidazole rings is 1. The monoisotopic (exact) mass is 257 g/mol. The van der Waals surface area contributed by atoms with Crippen molar-refractivity contribution in [3.05, 3.63) is 36.3 Å². The van der Waals surface area contributed by atoms with Gasteiger partial charge < -0.3 is 9.72 Å². The van der Waals surface area contributed by atoms with Crippen molar-refractivity contribution in [2.45, 2.75) is 52.1 Å². The molecule has 1 atom stereocenters. The third-order valence-corrected chi connectivity index (χ3v) is 4.19. The molecule has 3 rings (SSSR count). The summed E-state index contributed by atoms with van der Waals surface area (Å²) in [7, 11) is 0. The normalized spacial score (nSPS) is 22.7. The molecule has 0 spiro atoms. The fourth-order valence-electron chi connectivity index (χ4n) is 3.19. The minimum atomic E-state index is 0.495. The van der Waals surface area contributed by atoms with Gasteiger partial charge in [-0.25, -0.2) is 4.98 Å². The van der Waals surface area contributed by atoms with Gasteiger partial charge in [0.25, 0.3) is 0 Å². The Morgan fingerprint density at radius 1 is 1.42 bits per heavy atom. The smallest absolute Gasteiger partial charge is 0.137 e. The lowest BCUT2D eigenvalue weighted by molar-refractivity contribution is 0.197. The molecule has 1 fully saturated rings. The summed E-state index contributed by atoms with van der Waals surface area (Å²) in [5.41, 5.74) is 2.66. The maximum Gasteiger partial charge on any atom is 0.137 e. The highest BCUT2D eigenvalue weighted by Crippen LogP contribution is 2.35. The van der Waals surface area contributed by atoms with Crippen LogP contribution in [0.3, 0.4) is 0 Å². The molecular formula is C16H23N3. The van der Waals surface area contributed by atoms with Crippen LogP contribution in [0, 0.1) is 5.41 Å². The summed E-state index contributed by atoms with van der Waals surface area (Å²) in [6.07, 6.45) is 9.46. The first-order chi connectivity index (χ1) is 9.12. The average molecular weight is 257 g/mol. The molecular weight excluding hydrogens is 234 g/mol. The van der Waals surface area contributed by atoms with E-state index >= 15 is 0 Å². The van der Waals surface area contributed by atoms with E-state index in [-0.39, 0.29) is 0 Å². The molecule has 0 radical (unpaired) electrons. The summed E-state index contributed by atoms with van der Waals surface area (Å²) in [4.78, 5) is 4.63. The molecule has 0 aliphatic heterocycles. The predicted molar refractivity (Wildman–Crippen MR) is 78.1 cm³/mol. The van der Waals surface area contributed by atoms with Gasteiger partial charge in [0, 0.05) is 25.0 Å². The van der Waals surface area contributed by atoms with Gasteiger partial charge in [-0.1, -0.05) is 26.3 Å². The second-order valence-corrected chi connectivity index (χ2v) is 6.54. The Labute approximate surface area is 115 Å². The second-order valence-electron chi connectivity index (χ2n) is 6.54. The van der Waals surface area contributed by atoms with Crippen LogP contribution in [-0.4, -0.2) is 15.4 Å². The van der Waals surface area contributed by atoms with Crippen molar-refractivity contribution in [1.82, 2.24) is 14.7 Å². The second kappa shape index (κ2) is 4.97. The van der Waals surface area contributed by atoms with Crippen LogP contribution >= 0.6 is 0 Å². The van der Waals surface area contributed by atoms with Crippen molar-refractivity contribution < 1.29 is 0 Å². The first-order valence-electron chi connectivity index (χ1n) is 7.28. The summed E-state index contributed by atoms with van der Waals surface area (Å²) in [5, 5.41) is 3.68. The Kier molecular flexibility index (Phi) is 3.31. The Hall–Kier alpha value is -1.35. The molecule has 0 bridgehead atoms. The molecule has 3 heteroatoms.